The monoisotopic (exact) mass is 271 g/mol. The van der Waals surface area contributed by atoms with E-state index in [0.29, 0.717) is 10.0 Å². The first-order valence-electron chi connectivity index (χ1n) is 4.80. The van der Waals surface area contributed by atoms with E-state index in [-0.39, 0.29) is 0 Å². The van der Waals surface area contributed by atoms with Gasteiger partial charge in [-0.3, -0.25) is 0 Å². The van der Waals surface area contributed by atoms with Crippen LogP contribution in [0.1, 0.15) is 23.7 Å². The largest absolute Gasteiger partial charge is 0.478 e. The lowest BCUT2D eigenvalue weighted by molar-refractivity contribution is 0.0696. The van der Waals surface area contributed by atoms with Crippen LogP contribution in [0.3, 0.4) is 0 Å². The van der Waals surface area contributed by atoms with Crippen molar-refractivity contribution in [3.8, 4) is 0 Å². The third kappa shape index (κ3) is 2.96. The molecule has 1 rings (SSSR count). The van der Waals surface area contributed by atoms with Crippen molar-refractivity contribution in [2.45, 2.75) is 13.3 Å². The van der Waals surface area contributed by atoms with Gasteiger partial charge in [-0.25, -0.2) is 4.79 Å². The van der Waals surface area contributed by atoms with E-state index in [4.69, 9.17) is 5.11 Å². The number of hydrogen-bond acceptors (Lipinski definition) is 2. The fourth-order valence-electron chi connectivity index (χ4n) is 1.38. The van der Waals surface area contributed by atoms with Gasteiger partial charge >= 0.3 is 5.97 Å². The topological polar surface area (TPSA) is 40.5 Å². The van der Waals surface area contributed by atoms with Crippen LogP contribution in [0.5, 0.6) is 0 Å². The lowest BCUT2D eigenvalue weighted by Crippen LogP contribution is -2.17. The molecule has 15 heavy (non-hydrogen) atoms. The maximum atomic E-state index is 10.8. The molecule has 4 heteroatoms. The molecule has 0 aliphatic carbocycles. The van der Waals surface area contributed by atoms with Gasteiger partial charge in [0.15, 0.2) is 0 Å². The summed E-state index contributed by atoms with van der Waals surface area (Å²) in [5.41, 5.74) is 1.32. The molecule has 0 saturated heterocycles. The van der Waals surface area contributed by atoms with Crippen LogP contribution in [0.2, 0.25) is 0 Å². The highest BCUT2D eigenvalue weighted by molar-refractivity contribution is 9.10. The van der Waals surface area contributed by atoms with Crippen molar-refractivity contribution < 1.29 is 9.90 Å². The zero-order chi connectivity index (χ0) is 11.4. The highest BCUT2D eigenvalue weighted by Gasteiger charge is 2.09. The maximum absolute atomic E-state index is 10.8. The molecule has 3 nitrogen and oxygen atoms in total. The van der Waals surface area contributed by atoms with Gasteiger partial charge in [0.05, 0.1) is 5.56 Å². The first kappa shape index (κ1) is 12.0. The number of carboxylic acids is 1. The Labute approximate surface area is 97.8 Å². The molecule has 0 aliphatic rings. The van der Waals surface area contributed by atoms with Crippen molar-refractivity contribution in [2.24, 2.45) is 0 Å². The molecule has 0 radical (unpaired) electrons. The van der Waals surface area contributed by atoms with Gasteiger partial charge in [-0.1, -0.05) is 6.92 Å². The normalized spacial score (nSPS) is 10.1. The molecular formula is C11H14BrNO2. The van der Waals surface area contributed by atoms with Gasteiger partial charge in [0.1, 0.15) is 0 Å². The summed E-state index contributed by atoms with van der Waals surface area (Å²) in [6, 6.07) is 5.27. The smallest absolute Gasteiger partial charge is 0.336 e. The second kappa shape index (κ2) is 5.16. The molecule has 0 atom stereocenters. The summed E-state index contributed by atoms with van der Waals surface area (Å²) in [5.74, 6) is -0.911. The Morgan fingerprint density at radius 3 is 2.67 bits per heavy atom. The van der Waals surface area contributed by atoms with Gasteiger partial charge in [0.25, 0.3) is 0 Å². The minimum atomic E-state index is -0.911. The summed E-state index contributed by atoms with van der Waals surface area (Å²) in [5, 5.41) is 8.85. The maximum Gasteiger partial charge on any atom is 0.336 e. The molecule has 1 aromatic carbocycles. The standard InChI is InChI=1S/C11H14BrNO2/c1-3-6-13(2)8-4-5-9(11(14)15)10(12)7-8/h4-5,7H,3,6H2,1-2H3,(H,14,15). The highest BCUT2D eigenvalue weighted by atomic mass is 79.9. The molecule has 0 fully saturated rings. The number of carboxylic acid groups (broad SMARTS) is 1. The van der Waals surface area contributed by atoms with Crippen LogP contribution in [0.15, 0.2) is 22.7 Å². The van der Waals surface area contributed by atoms with Gasteiger partial charge in [-0.2, -0.15) is 0 Å². The minimum absolute atomic E-state index is 0.295. The molecule has 0 aliphatic heterocycles. The van der Waals surface area contributed by atoms with E-state index in [1.54, 1.807) is 6.07 Å². The van der Waals surface area contributed by atoms with E-state index >= 15 is 0 Å². The number of nitrogens with zero attached hydrogens (tertiary/aromatic N) is 1. The SMILES string of the molecule is CCCN(C)c1ccc(C(=O)O)c(Br)c1. The minimum Gasteiger partial charge on any atom is -0.478 e. The van der Waals surface area contributed by atoms with Crippen molar-refractivity contribution in [2.75, 3.05) is 18.5 Å². The highest BCUT2D eigenvalue weighted by Crippen LogP contribution is 2.23. The predicted octanol–water partition coefficient (Wildman–Crippen LogP) is 2.99. The number of halogens is 1. The van der Waals surface area contributed by atoms with Crippen LogP contribution in [0.4, 0.5) is 5.69 Å². The average Bonchev–Trinajstić information content (AvgIpc) is 2.17. The fraction of sp³-hybridized carbons (Fsp3) is 0.364. The van der Waals surface area contributed by atoms with Crippen LogP contribution in [-0.4, -0.2) is 24.7 Å². The quantitative estimate of drug-likeness (QED) is 0.916. The lowest BCUT2D eigenvalue weighted by Gasteiger charge is -2.18. The second-order valence-corrected chi connectivity index (χ2v) is 4.25. The molecule has 0 saturated carbocycles. The summed E-state index contributed by atoms with van der Waals surface area (Å²) in [4.78, 5) is 12.9. The number of hydrogen-bond donors (Lipinski definition) is 1. The molecule has 82 valence electrons. The summed E-state index contributed by atoms with van der Waals surface area (Å²) in [6.45, 7) is 3.07. The van der Waals surface area contributed by atoms with Crippen molar-refractivity contribution in [1.82, 2.24) is 0 Å². The summed E-state index contributed by atoms with van der Waals surface area (Å²) in [6.07, 6.45) is 1.06. The Balaban J connectivity index is 2.96. The fourth-order valence-corrected chi connectivity index (χ4v) is 1.92. The van der Waals surface area contributed by atoms with Crippen molar-refractivity contribution in [3.05, 3.63) is 28.2 Å². The molecule has 1 aromatic rings. The first-order chi connectivity index (χ1) is 7.06. The molecule has 0 spiro atoms. The summed E-state index contributed by atoms with van der Waals surface area (Å²) in [7, 11) is 1.99. The first-order valence-corrected chi connectivity index (χ1v) is 5.59. The number of anilines is 1. The lowest BCUT2D eigenvalue weighted by atomic mass is 10.2. The average molecular weight is 272 g/mol. The van der Waals surface area contributed by atoms with Gasteiger partial charge in [0, 0.05) is 23.8 Å². The van der Waals surface area contributed by atoms with E-state index in [9.17, 15) is 4.79 Å². The van der Waals surface area contributed by atoms with Crippen LogP contribution in [0.25, 0.3) is 0 Å². The molecular weight excluding hydrogens is 258 g/mol. The summed E-state index contributed by atoms with van der Waals surface area (Å²) >= 11 is 3.26. The van der Waals surface area contributed by atoms with Crippen molar-refractivity contribution in [1.29, 1.82) is 0 Å². The molecule has 0 aromatic heterocycles. The molecule has 0 amide bonds. The Bertz CT molecular complexity index is 366. The van der Waals surface area contributed by atoms with Gasteiger partial charge in [-0.05, 0) is 40.5 Å². The van der Waals surface area contributed by atoms with Gasteiger partial charge in [-0.15, -0.1) is 0 Å². The van der Waals surface area contributed by atoms with Gasteiger partial charge < -0.3 is 10.0 Å². The third-order valence-electron chi connectivity index (χ3n) is 2.18. The number of aromatic carboxylic acids is 1. The van der Waals surface area contributed by atoms with E-state index in [1.807, 2.05) is 19.2 Å². The zero-order valence-corrected chi connectivity index (χ0v) is 10.4. The van der Waals surface area contributed by atoms with E-state index in [2.05, 4.69) is 27.8 Å². The van der Waals surface area contributed by atoms with Crippen LogP contribution >= 0.6 is 15.9 Å². The van der Waals surface area contributed by atoms with Crippen LogP contribution in [0, 0.1) is 0 Å². The Kier molecular flexibility index (Phi) is 4.15. The van der Waals surface area contributed by atoms with Crippen LogP contribution < -0.4 is 4.90 Å². The van der Waals surface area contributed by atoms with Crippen molar-refractivity contribution >= 4 is 27.6 Å². The Hall–Kier alpha value is -1.03. The van der Waals surface area contributed by atoms with E-state index in [1.165, 1.54) is 0 Å². The predicted molar refractivity (Wildman–Crippen MR) is 64.7 cm³/mol. The van der Waals surface area contributed by atoms with E-state index < -0.39 is 5.97 Å². The van der Waals surface area contributed by atoms with E-state index in [0.717, 1.165) is 18.7 Å². The number of carbonyl (C=O) groups is 1. The van der Waals surface area contributed by atoms with Crippen LogP contribution in [-0.2, 0) is 0 Å². The second-order valence-electron chi connectivity index (χ2n) is 3.39. The Morgan fingerprint density at radius 2 is 2.20 bits per heavy atom. The zero-order valence-electron chi connectivity index (χ0n) is 8.83. The molecule has 1 N–H and O–H groups in total. The number of benzene rings is 1. The molecule has 0 bridgehead atoms. The summed E-state index contributed by atoms with van der Waals surface area (Å²) < 4.78 is 0.621. The molecule has 0 heterocycles. The number of rotatable bonds is 4. The third-order valence-corrected chi connectivity index (χ3v) is 2.84. The Morgan fingerprint density at radius 1 is 1.53 bits per heavy atom. The molecule has 0 unspecified atom stereocenters. The van der Waals surface area contributed by atoms with Crippen molar-refractivity contribution in [3.63, 3.8) is 0 Å². The van der Waals surface area contributed by atoms with Gasteiger partial charge in [0.2, 0.25) is 0 Å².